The van der Waals surface area contributed by atoms with Crippen LogP contribution in [0.2, 0.25) is 0 Å². The Morgan fingerprint density at radius 1 is 1.10 bits per heavy atom. The first kappa shape index (κ1) is 20.7. The number of hydrogen-bond donors (Lipinski definition) is 1. The highest BCUT2D eigenvalue weighted by atomic mass is 32.2. The number of carboxylic acids is 1. The van der Waals surface area contributed by atoms with Gasteiger partial charge in [-0.3, -0.25) is 4.79 Å². The highest BCUT2D eigenvalue weighted by molar-refractivity contribution is 7.89. The van der Waals surface area contributed by atoms with Crippen molar-refractivity contribution in [3.8, 4) is 5.75 Å². The predicted molar refractivity (Wildman–Crippen MR) is 114 cm³/mol. The third-order valence-electron chi connectivity index (χ3n) is 5.85. The first-order chi connectivity index (χ1) is 14.4. The largest absolute Gasteiger partial charge is 0.494 e. The van der Waals surface area contributed by atoms with Crippen LogP contribution >= 0.6 is 0 Å². The van der Waals surface area contributed by atoms with Gasteiger partial charge in [0.05, 0.1) is 17.4 Å². The van der Waals surface area contributed by atoms with E-state index in [2.05, 4.69) is 4.90 Å². The van der Waals surface area contributed by atoms with Crippen molar-refractivity contribution in [2.24, 2.45) is 5.92 Å². The SMILES string of the molecule is CCOc1cccc(N2CCN(S(=O)(=O)c3cccc4c3CC(C(=O)O)C4)CC2)c1. The fourth-order valence-electron chi connectivity index (χ4n) is 4.30. The summed E-state index contributed by atoms with van der Waals surface area (Å²) in [5.74, 6) is -0.624. The van der Waals surface area contributed by atoms with Crippen LogP contribution in [-0.4, -0.2) is 56.6 Å². The maximum absolute atomic E-state index is 13.3. The summed E-state index contributed by atoms with van der Waals surface area (Å²) in [5, 5.41) is 9.34. The van der Waals surface area contributed by atoms with E-state index in [0.29, 0.717) is 44.8 Å². The number of nitrogens with zero attached hydrogens (tertiary/aromatic N) is 2. The van der Waals surface area contributed by atoms with Gasteiger partial charge in [-0.2, -0.15) is 4.31 Å². The fraction of sp³-hybridized carbons (Fsp3) is 0.409. The van der Waals surface area contributed by atoms with Gasteiger partial charge in [0.1, 0.15) is 5.75 Å². The Morgan fingerprint density at radius 2 is 1.83 bits per heavy atom. The molecule has 1 unspecified atom stereocenters. The monoisotopic (exact) mass is 430 g/mol. The van der Waals surface area contributed by atoms with Crippen LogP contribution in [0, 0.1) is 5.92 Å². The van der Waals surface area contributed by atoms with E-state index in [9.17, 15) is 18.3 Å². The number of carboxylic acid groups (broad SMARTS) is 1. The number of ether oxygens (including phenoxy) is 1. The van der Waals surface area contributed by atoms with E-state index in [1.165, 1.54) is 4.31 Å². The smallest absolute Gasteiger partial charge is 0.307 e. The lowest BCUT2D eigenvalue weighted by molar-refractivity contribution is -0.141. The van der Waals surface area contributed by atoms with Gasteiger partial charge in [-0.25, -0.2) is 8.42 Å². The topological polar surface area (TPSA) is 87.2 Å². The molecule has 0 aromatic heterocycles. The normalized spacial score (nSPS) is 19.5. The van der Waals surface area contributed by atoms with Crippen molar-refractivity contribution in [1.29, 1.82) is 0 Å². The second kappa shape index (κ2) is 8.28. The van der Waals surface area contributed by atoms with Crippen molar-refractivity contribution < 1.29 is 23.1 Å². The first-order valence-electron chi connectivity index (χ1n) is 10.2. The van der Waals surface area contributed by atoms with E-state index in [0.717, 1.165) is 17.0 Å². The third kappa shape index (κ3) is 3.89. The van der Waals surface area contributed by atoms with Gasteiger partial charge < -0.3 is 14.7 Å². The lowest BCUT2D eigenvalue weighted by Crippen LogP contribution is -2.48. The standard InChI is InChI=1S/C22H26N2O5S/c1-2-29-19-7-4-6-18(15-19)23-9-11-24(12-10-23)30(27,28)21-8-3-5-16-13-17(22(25)26)14-20(16)21/h3-8,15,17H,2,9-14H2,1H3,(H,25,26). The Morgan fingerprint density at radius 3 is 2.53 bits per heavy atom. The Bertz CT molecular complexity index is 1050. The summed E-state index contributed by atoms with van der Waals surface area (Å²) in [6.45, 7) is 4.47. The maximum Gasteiger partial charge on any atom is 0.307 e. The van der Waals surface area contributed by atoms with Gasteiger partial charge in [0.2, 0.25) is 10.0 Å². The molecule has 0 saturated carbocycles. The van der Waals surface area contributed by atoms with Gasteiger partial charge in [-0.05, 0) is 49.1 Å². The van der Waals surface area contributed by atoms with Crippen molar-refractivity contribution in [3.05, 3.63) is 53.6 Å². The van der Waals surface area contributed by atoms with Crippen molar-refractivity contribution >= 4 is 21.7 Å². The quantitative estimate of drug-likeness (QED) is 0.757. The number of piperazine rings is 1. The first-order valence-corrected chi connectivity index (χ1v) is 11.7. The molecule has 0 spiro atoms. The van der Waals surface area contributed by atoms with E-state index in [-0.39, 0.29) is 11.3 Å². The number of sulfonamides is 1. The second-order valence-electron chi connectivity index (χ2n) is 7.66. The predicted octanol–water partition coefficient (Wildman–Crippen LogP) is 2.40. The molecule has 0 amide bonds. The number of aliphatic carboxylic acids is 1. The lowest BCUT2D eigenvalue weighted by atomic mass is 10.1. The summed E-state index contributed by atoms with van der Waals surface area (Å²) in [7, 11) is -3.67. The molecule has 2 aromatic carbocycles. The summed E-state index contributed by atoms with van der Waals surface area (Å²) < 4.78 is 33.8. The second-order valence-corrected chi connectivity index (χ2v) is 9.57. The Kier molecular flexibility index (Phi) is 5.71. The molecule has 2 aliphatic rings. The zero-order valence-electron chi connectivity index (χ0n) is 17.0. The number of benzene rings is 2. The number of anilines is 1. The number of fused-ring (bicyclic) bond motifs is 1. The summed E-state index contributed by atoms with van der Waals surface area (Å²) in [5.41, 5.74) is 2.51. The summed E-state index contributed by atoms with van der Waals surface area (Å²) >= 11 is 0. The highest BCUT2D eigenvalue weighted by Crippen LogP contribution is 2.34. The van der Waals surface area contributed by atoms with E-state index < -0.39 is 21.9 Å². The van der Waals surface area contributed by atoms with Crippen LogP contribution < -0.4 is 9.64 Å². The van der Waals surface area contributed by atoms with Gasteiger partial charge in [0.25, 0.3) is 0 Å². The van der Waals surface area contributed by atoms with Crippen molar-refractivity contribution in [2.75, 3.05) is 37.7 Å². The molecule has 7 nitrogen and oxygen atoms in total. The molecule has 1 heterocycles. The number of rotatable bonds is 6. The molecule has 4 rings (SSSR count). The van der Waals surface area contributed by atoms with E-state index in [1.807, 2.05) is 37.3 Å². The van der Waals surface area contributed by atoms with Crippen LogP contribution in [0.1, 0.15) is 18.1 Å². The van der Waals surface area contributed by atoms with Crippen molar-refractivity contribution in [1.82, 2.24) is 4.31 Å². The van der Waals surface area contributed by atoms with Gasteiger partial charge in [-0.15, -0.1) is 0 Å². The fourth-order valence-corrected chi connectivity index (χ4v) is 6.00. The Labute approximate surface area is 176 Å². The van der Waals surface area contributed by atoms with E-state index >= 15 is 0 Å². The average molecular weight is 431 g/mol. The zero-order chi connectivity index (χ0) is 21.3. The molecule has 1 aliphatic heterocycles. The molecule has 1 saturated heterocycles. The summed E-state index contributed by atoms with van der Waals surface area (Å²) in [6, 6.07) is 13.0. The molecule has 0 radical (unpaired) electrons. The van der Waals surface area contributed by atoms with E-state index in [1.54, 1.807) is 12.1 Å². The molecule has 30 heavy (non-hydrogen) atoms. The Balaban J connectivity index is 1.50. The minimum Gasteiger partial charge on any atom is -0.494 e. The van der Waals surface area contributed by atoms with Gasteiger partial charge in [-0.1, -0.05) is 18.2 Å². The Hall–Kier alpha value is -2.58. The van der Waals surface area contributed by atoms with Crippen LogP contribution in [0.5, 0.6) is 5.75 Å². The molecular weight excluding hydrogens is 404 g/mol. The van der Waals surface area contributed by atoms with Crippen LogP contribution in [0.25, 0.3) is 0 Å². The molecule has 1 fully saturated rings. The molecule has 2 aromatic rings. The lowest BCUT2D eigenvalue weighted by Gasteiger charge is -2.35. The summed E-state index contributed by atoms with van der Waals surface area (Å²) in [6.07, 6.45) is 0.655. The van der Waals surface area contributed by atoms with Crippen LogP contribution in [-0.2, 0) is 27.7 Å². The van der Waals surface area contributed by atoms with Crippen molar-refractivity contribution in [3.63, 3.8) is 0 Å². The number of carbonyl (C=O) groups is 1. The van der Waals surface area contributed by atoms with Crippen LogP contribution in [0.4, 0.5) is 5.69 Å². The van der Waals surface area contributed by atoms with Crippen LogP contribution in [0.3, 0.4) is 0 Å². The average Bonchev–Trinajstić information content (AvgIpc) is 3.19. The molecule has 160 valence electrons. The van der Waals surface area contributed by atoms with Gasteiger partial charge in [0, 0.05) is 37.9 Å². The maximum atomic E-state index is 13.3. The molecule has 8 heteroatoms. The third-order valence-corrected chi connectivity index (χ3v) is 7.83. The summed E-state index contributed by atoms with van der Waals surface area (Å²) in [4.78, 5) is 13.8. The van der Waals surface area contributed by atoms with Crippen molar-refractivity contribution in [2.45, 2.75) is 24.7 Å². The minimum absolute atomic E-state index is 0.260. The van der Waals surface area contributed by atoms with Gasteiger partial charge in [0.15, 0.2) is 0 Å². The minimum atomic E-state index is -3.67. The molecule has 0 bridgehead atoms. The van der Waals surface area contributed by atoms with E-state index in [4.69, 9.17) is 4.74 Å². The van der Waals surface area contributed by atoms with Crippen LogP contribution in [0.15, 0.2) is 47.4 Å². The molecule has 1 N–H and O–H groups in total. The molecule has 1 aliphatic carbocycles. The number of hydrogen-bond acceptors (Lipinski definition) is 5. The zero-order valence-corrected chi connectivity index (χ0v) is 17.8. The molecular formula is C22H26N2O5S. The highest BCUT2D eigenvalue weighted by Gasteiger charge is 2.35. The van der Waals surface area contributed by atoms with Gasteiger partial charge >= 0.3 is 5.97 Å². The molecule has 1 atom stereocenters.